The minimum Gasteiger partial charge on any atom is -0.334 e. The lowest BCUT2D eigenvalue weighted by Gasteiger charge is -2.42. The Bertz CT molecular complexity index is 441. The van der Waals surface area contributed by atoms with Crippen LogP contribution in [0.5, 0.6) is 0 Å². The second kappa shape index (κ2) is 5.20. The molecule has 18 heavy (non-hydrogen) atoms. The van der Waals surface area contributed by atoms with Crippen molar-refractivity contribution in [3.05, 3.63) is 23.2 Å². The number of carbonyl (C=O) groups is 1. The van der Waals surface area contributed by atoms with Crippen LogP contribution in [0, 0.1) is 0 Å². The Hall–Kier alpha value is -1.20. The Morgan fingerprint density at radius 2 is 1.94 bits per heavy atom. The van der Waals surface area contributed by atoms with E-state index in [0.717, 1.165) is 0 Å². The zero-order valence-electron chi connectivity index (χ0n) is 10.8. The molecular formula is C12H17ClN4O. The van der Waals surface area contributed by atoms with Crippen LogP contribution in [0.3, 0.4) is 0 Å². The second-order valence-electron chi connectivity index (χ2n) is 4.80. The van der Waals surface area contributed by atoms with Gasteiger partial charge in [0, 0.05) is 25.2 Å². The molecule has 0 aliphatic carbocycles. The molecule has 0 bridgehead atoms. The summed E-state index contributed by atoms with van der Waals surface area (Å²) in [6.45, 7) is 5.63. The zero-order valence-corrected chi connectivity index (χ0v) is 11.6. The first-order valence-corrected chi connectivity index (χ1v) is 6.35. The first-order valence-electron chi connectivity index (χ1n) is 5.97. The lowest BCUT2D eigenvalue weighted by molar-refractivity contribution is 0.0409. The number of hydrogen-bond acceptors (Lipinski definition) is 4. The van der Waals surface area contributed by atoms with Crippen molar-refractivity contribution < 1.29 is 4.79 Å². The average molecular weight is 269 g/mol. The van der Waals surface area contributed by atoms with Crippen LogP contribution in [0.1, 0.15) is 24.3 Å². The smallest absolute Gasteiger partial charge is 0.274 e. The van der Waals surface area contributed by atoms with Crippen LogP contribution in [0.2, 0.25) is 5.15 Å². The van der Waals surface area contributed by atoms with Crippen molar-refractivity contribution >= 4 is 17.5 Å². The fraction of sp³-hybridized carbons (Fsp3) is 0.583. The third kappa shape index (κ3) is 2.62. The molecule has 2 atom stereocenters. The normalized spacial score (nSPS) is 25.2. The summed E-state index contributed by atoms with van der Waals surface area (Å²) in [5, 5.41) is 0.246. The summed E-state index contributed by atoms with van der Waals surface area (Å²) >= 11 is 5.76. The van der Waals surface area contributed by atoms with Crippen LogP contribution in [0.25, 0.3) is 0 Å². The molecule has 1 amide bonds. The molecule has 0 spiro atoms. The van der Waals surface area contributed by atoms with Crippen molar-refractivity contribution in [2.45, 2.75) is 25.9 Å². The molecule has 98 valence electrons. The van der Waals surface area contributed by atoms with Gasteiger partial charge in [-0.2, -0.15) is 0 Å². The van der Waals surface area contributed by atoms with Gasteiger partial charge in [-0.25, -0.2) is 4.98 Å². The van der Waals surface area contributed by atoms with E-state index in [1.165, 1.54) is 12.4 Å². The van der Waals surface area contributed by atoms with Gasteiger partial charge < -0.3 is 4.90 Å². The largest absolute Gasteiger partial charge is 0.334 e. The first kappa shape index (κ1) is 13.2. The molecule has 2 rings (SSSR count). The fourth-order valence-corrected chi connectivity index (χ4v) is 2.32. The van der Waals surface area contributed by atoms with Gasteiger partial charge in [0.2, 0.25) is 0 Å². The number of nitrogens with zero attached hydrogens (tertiary/aromatic N) is 4. The predicted octanol–water partition coefficient (Wildman–Crippen LogP) is 1.29. The highest BCUT2D eigenvalue weighted by Gasteiger charge is 2.30. The number of aromatic nitrogens is 2. The summed E-state index contributed by atoms with van der Waals surface area (Å²) in [6.07, 6.45) is 2.88. The quantitative estimate of drug-likeness (QED) is 0.770. The number of hydrogen-bond donors (Lipinski definition) is 0. The van der Waals surface area contributed by atoms with Gasteiger partial charge in [0.05, 0.1) is 12.4 Å². The Kier molecular flexibility index (Phi) is 3.82. The summed E-state index contributed by atoms with van der Waals surface area (Å²) in [5.74, 6) is -0.100. The zero-order chi connectivity index (χ0) is 13.3. The third-order valence-corrected chi connectivity index (χ3v) is 3.65. The van der Waals surface area contributed by atoms with Gasteiger partial charge in [-0.15, -0.1) is 0 Å². The van der Waals surface area contributed by atoms with Crippen LogP contribution in [0.4, 0.5) is 0 Å². The summed E-state index contributed by atoms with van der Waals surface area (Å²) in [6, 6.07) is 0.676. The maximum Gasteiger partial charge on any atom is 0.274 e. The van der Waals surface area contributed by atoms with Crippen molar-refractivity contribution in [2.24, 2.45) is 0 Å². The van der Waals surface area contributed by atoms with Crippen LogP contribution in [-0.2, 0) is 0 Å². The first-order chi connectivity index (χ1) is 8.49. The van der Waals surface area contributed by atoms with Crippen molar-refractivity contribution in [3.63, 3.8) is 0 Å². The van der Waals surface area contributed by atoms with Crippen molar-refractivity contribution in [1.82, 2.24) is 19.8 Å². The van der Waals surface area contributed by atoms with Gasteiger partial charge >= 0.3 is 0 Å². The Balaban J connectivity index is 2.15. The minimum absolute atomic E-state index is 0.100. The van der Waals surface area contributed by atoms with Crippen LogP contribution in [-0.4, -0.2) is 57.9 Å². The minimum atomic E-state index is -0.100. The van der Waals surface area contributed by atoms with Crippen LogP contribution in [0.15, 0.2) is 12.4 Å². The lowest BCUT2D eigenvalue weighted by Crippen LogP contribution is -2.56. The van der Waals surface area contributed by atoms with E-state index in [4.69, 9.17) is 11.6 Å². The molecule has 1 saturated heterocycles. The Morgan fingerprint density at radius 1 is 1.33 bits per heavy atom. The number of halogens is 1. The van der Waals surface area contributed by atoms with Crippen molar-refractivity contribution in [3.8, 4) is 0 Å². The molecule has 2 heterocycles. The van der Waals surface area contributed by atoms with Gasteiger partial charge in [0.15, 0.2) is 0 Å². The molecule has 1 fully saturated rings. The molecule has 1 aliphatic rings. The maximum atomic E-state index is 12.3. The molecule has 5 nitrogen and oxygen atoms in total. The van der Waals surface area contributed by atoms with E-state index >= 15 is 0 Å². The molecule has 1 aromatic heterocycles. The summed E-state index contributed by atoms with van der Waals surface area (Å²) in [4.78, 5) is 24.3. The van der Waals surface area contributed by atoms with E-state index in [0.29, 0.717) is 30.9 Å². The SMILES string of the molecule is CC1CN(C(=O)c2cncc(Cl)n2)CC(C)N1C. The highest BCUT2D eigenvalue weighted by molar-refractivity contribution is 6.29. The van der Waals surface area contributed by atoms with Gasteiger partial charge in [0.1, 0.15) is 10.8 Å². The van der Waals surface area contributed by atoms with E-state index in [9.17, 15) is 4.79 Å². The summed E-state index contributed by atoms with van der Waals surface area (Å²) in [5.41, 5.74) is 0.312. The molecule has 0 aromatic carbocycles. The highest BCUT2D eigenvalue weighted by atomic mass is 35.5. The van der Waals surface area contributed by atoms with E-state index in [-0.39, 0.29) is 11.1 Å². The highest BCUT2D eigenvalue weighted by Crippen LogP contribution is 2.15. The number of amides is 1. The number of carbonyl (C=O) groups excluding carboxylic acids is 1. The van der Waals surface area contributed by atoms with Gasteiger partial charge in [-0.3, -0.25) is 14.7 Å². The summed E-state index contributed by atoms with van der Waals surface area (Å²) < 4.78 is 0. The Morgan fingerprint density at radius 3 is 2.50 bits per heavy atom. The molecule has 6 heteroatoms. The van der Waals surface area contributed by atoms with Gasteiger partial charge in [-0.05, 0) is 20.9 Å². The van der Waals surface area contributed by atoms with Gasteiger partial charge in [0.25, 0.3) is 5.91 Å². The van der Waals surface area contributed by atoms with E-state index < -0.39 is 0 Å². The monoisotopic (exact) mass is 268 g/mol. The van der Waals surface area contributed by atoms with Crippen molar-refractivity contribution in [2.75, 3.05) is 20.1 Å². The van der Waals surface area contributed by atoms with Gasteiger partial charge in [-0.1, -0.05) is 11.6 Å². The number of likely N-dealkylation sites (N-methyl/N-ethyl adjacent to an activating group) is 1. The van der Waals surface area contributed by atoms with Crippen molar-refractivity contribution in [1.29, 1.82) is 0 Å². The lowest BCUT2D eigenvalue weighted by atomic mass is 10.1. The van der Waals surface area contributed by atoms with Crippen LogP contribution < -0.4 is 0 Å². The van der Waals surface area contributed by atoms with E-state index in [1.807, 2.05) is 4.90 Å². The second-order valence-corrected chi connectivity index (χ2v) is 5.19. The average Bonchev–Trinajstić information content (AvgIpc) is 2.34. The molecular weight excluding hydrogens is 252 g/mol. The molecule has 2 unspecified atom stereocenters. The maximum absolute atomic E-state index is 12.3. The Labute approximate surface area is 112 Å². The standard InChI is InChI=1S/C12H17ClN4O/c1-8-6-17(7-9(2)16(8)3)12(18)10-4-14-5-11(13)15-10/h4-5,8-9H,6-7H2,1-3H3. The molecule has 1 aromatic rings. The van der Waals surface area contributed by atoms with E-state index in [2.05, 4.69) is 35.8 Å². The fourth-order valence-electron chi connectivity index (χ4n) is 2.18. The molecule has 0 saturated carbocycles. The molecule has 0 radical (unpaired) electrons. The molecule has 0 N–H and O–H groups in total. The van der Waals surface area contributed by atoms with E-state index in [1.54, 1.807) is 0 Å². The number of piperazine rings is 1. The third-order valence-electron chi connectivity index (χ3n) is 3.47. The molecule has 1 aliphatic heterocycles. The summed E-state index contributed by atoms with van der Waals surface area (Å²) in [7, 11) is 2.08. The van der Waals surface area contributed by atoms with Crippen LogP contribution >= 0.6 is 11.6 Å². The number of rotatable bonds is 1. The predicted molar refractivity (Wildman–Crippen MR) is 69.6 cm³/mol. The topological polar surface area (TPSA) is 49.3 Å².